The van der Waals surface area contributed by atoms with E-state index in [9.17, 15) is 12.8 Å². The lowest BCUT2D eigenvalue weighted by atomic mass is 10.1. The second-order valence-corrected chi connectivity index (χ2v) is 8.18. The van der Waals surface area contributed by atoms with Gasteiger partial charge in [-0.3, -0.25) is 4.99 Å². The highest BCUT2D eigenvalue weighted by Crippen LogP contribution is 2.19. The number of rotatable bonds is 7. The van der Waals surface area contributed by atoms with Crippen molar-refractivity contribution in [1.29, 1.82) is 0 Å². The van der Waals surface area contributed by atoms with Crippen molar-refractivity contribution in [3.63, 3.8) is 0 Å². The maximum Gasteiger partial charge on any atom is 0.238 e. The van der Waals surface area contributed by atoms with Gasteiger partial charge in [-0.15, -0.1) is 0 Å². The zero-order chi connectivity index (χ0) is 20.9. The van der Waals surface area contributed by atoms with Crippen LogP contribution in [0.1, 0.15) is 11.1 Å². The molecule has 7 nitrogen and oxygen atoms in total. The molecular formula is C20H24FN5O2S. The molecule has 0 spiro atoms. The Morgan fingerprint density at radius 2 is 1.79 bits per heavy atom. The third-order valence-corrected chi connectivity index (χ3v) is 5.53. The number of guanidine groups is 1. The number of aromatic nitrogens is 1. The van der Waals surface area contributed by atoms with E-state index < -0.39 is 10.0 Å². The fourth-order valence-electron chi connectivity index (χ4n) is 3.07. The number of fused-ring (bicyclic) bond motifs is 1. The monoisotopic (exact) mass is 417 g/mol. The standard InChI is InChI=1S/C20H24FN5O2S/c1-23-20(24-10-8-14-2-5-17(6-3-14)29(22,27)28)25-11-9-15-13-26-19-12-16(21)4-7-18(15)19/h2-7,12-13,26H,8-11H2,1H3,(H2,22,27,28)(H2,23,24,25). The van der Waals surface area contributed by atoms with Gasteiger partial charge in [-0.05, 0) is 54.3 Å². The normalized spacial score (nSPS) is 12.3. The third kappa shape index (κ3) is 5.55. The largest absolute Gasteiger partial charge is 0.361 e. The quantitative estimate of drug-likeness (QED) is 0.347. The number of aliphatic imine (C=N–C) groups is 1. The van der Waals surface area contributed by atoms with Crippen molar-refractivity contribution in [3.8, 4) is 0 Å². The van der Waals surface area contributed by atoms with Gasteiger partial charge in [-0.2, -0.15) is 0 Å². The maximum absolute atomic E-state index is 13.3. The molecule has 0 atom stereocenters. The van der Waals surface area contributed by atoms with Crippen LogP contribution in [0.25, 0.3) is 10.9 Å². The topological polar surface area (TPSA) is 112 Å². The first-order valence-electron chi connectivity index (χ1n) is 9.18. The van der Waals surface area contributed by atoms with E-state index in [-0.39, 0.29) is 10.7 Å². The Hall–Kier alpha value is -2.91. The van der Waals surface area contributed by atoms with Gasteiger partial charge in [-0.25, -0.2) is 17.9 Å². The number of nitrogens with two attached hydrogens (primary N) is 1. The van der Waals surface area contributed by atoms with E-state index >= 15 is 0 Å². The van der Waals surface area contributed by atoms with Crippen LogP contribution in [0, 0.1) is 5.82 Å². The molecule has 2 aromatic carbocycles. The minimum atomic E-state index is -3.67. The van der Waals surface area contributed by atoms with E-state index in [0.717, 1.165) is 28.5 Å². The second-order valence-electron chi connectivity index (χ2n) is 6.62. The highest BCUT2D eigenvalue weighted by molar-refractivity contribution is 7.89. The van der Waals surface area contributed by atoms with Crippen LogP contribution in [-0.2, 0) is 22.9 Å². The molecule has 0 fully saturated rings. The molecule has 0 saturated carbocycles. The molecule has 29 heavy (non-hydrogen) atoms. The molecule has 3 rings (SSSR count). The number of sulfonamides is 1. The van der Waals surface area contributed by atoms with Crippen molar-refractivity contribution < 1.29 is 12.8 Å². The Labute approximate surface area is 169 Å². The molecule has 1 heterocycles. The number of nitrogens with zero attached hydrogens (tertiary/aromatic N) is 1. The fraction of sp³-hybridized carbons (Fsp3) is 0.250. The van der Waals surface area contributed by atoms with Crippen molar-refractivity contribution in [2.24, 2.45) is 10.1 Å². The van der Waals surface area contributed by atoms with Gasteiger partial charge in [0.1, 0.15) is 5.82 Å². The average molecular weight is 418 g/mol. The average Bonchev–Trinajstić information content (AvgIpc) is 3.08. The summed E-state index contributed by atoms with van der Waals surface area (Å²) in [4.78, 5) is 7.39. The summed E-state index contributed by atoms with van der Waals surface area (Å²) in [5.41, 5.74) is 2.89. The van der Waals surface area contributed by atoms with Crippen molar-refractivity contribution >= 4 is 26.9 Å². The Bertz CT molecular complexity index is 1110. The molecule has 0 saturated heterocycles. The lowest BCUT2D eigenvalue weighted by molar-refractivity contribution is 0.597. The number of hydrogen-bond acceptors (Lipinski definition) is 3. The SMILES string of the molecule is CN=C(NCCc1ccc(S(N)(=O)=O)cc1)NCCc1c[nH]c2cc(F)ccc12. The highest BCUT2D eigenvalue weighted by atomic mass is 32.2. The van der Waals surface area contributed by atoms with Gasteiger partial charge in [0.25, 0.3) is 0 Å². The van der Waals surface area contributed by atoms with Gasteiger partial charge >= 0.3 is 0 Å². The number of aromatic amines is 1. The van der Waals surface area contributed by atoms with Crippen molar-refractivity contribution in [2.45, 2.75) is 17.7 Å². The number of primary sulfonamides is 1. The summed E-state index contributed by atoms with van der Waals surface area (Å²) in [5.74, 6) is 0.421. The predicted molar refractivity (Wildman–Crippen MR) is 113 cm³/mol. The van der Waals surface area contributed by atoms with Crippen LogP contribution in [0.5, 0.6) is 0 Å². The van der Waals surface area contributed by atoms with Gasteiger partial charge < -0.3 is 15.6 Å². The van der Waals surface area contributed by atoms with Crippen LogP contribution in [0.4, 0.5) is 4.39 Å². The zero-order valence-corrected chi connectivity index (χ0v) is 16.9. The number of H-pyrrole nitrogens is 1. The molecule has 0 aliphatic heterocycles. The van der Waals surface area contributed by atoms with E-state index in [1.807, 2.05) is 6.20 Å². The van der Waals surface area contributed by atoms with Crippen LogP contribution in [0.15, 0.2) is 58.5 Å². The summed E-state index contributed by atoms with van der Waals surface area (Å²) < 4.78 is 35.8. The van der Waals surface area contributed by atoms with Gasteiger partial charge in [0.2, 0.25) is 10.0 Å². The third-order valence-electron chi connectivity index (χ3n) is 4.60. The molecule has 0 aliphatic rings. The summed E-state index contributed by atoms with van der Waals surface area (Å²) in [6, 6.07) is 11.2. The number of halogens is 1. The molecule has 154 valence electrons. The first-order chi connectivity index (χ1) is 13.9. The van der Waals surface area contributed by atoms with Gasteiger partial charge in [0, 0.05) is 37.2 Å². The molecule has 1 aromatic heterocycles. The highest BCUT2D eigenvalue weighted by Gasteiger charge is 2.07. The smallest absolute Gasteiger partial charge is 0.238 e. The van der Waals surface area contributed by atoms with E-state index in [4.69, 9.17) is 5.14 Å². The summed E-state index contributed by atoms with van der Waals surface area (Å²) in [6.07, 6.45) is 3.37. The fourth-order valence-corrected chi connectivity index (χ4v) is 3.59. The van der Waals surface area contributed by atoms with Crippen molar-refractivity contribution in [2.75, 3.05) is 20.1 Å². The molecule has 0 bridgehead atoms. The Balaban J connectivity index is 1.46. The Kier molecular flexibility index (Phi) is 6.50. The van der Waals surface area contributed by atoms with Gasteiger partial charge in [-0.1, -0.05) is 12.1 Å². The Morgan fingerprint density at radius 3 is 2.45 bits per heavy atom. The predicted octanol–water partition coefficient (Wildman–Crippen LogP) is 1.90. The van der Waals surface area contributed by atoms with Crippen LogP contribution in [0.3, 0.4) is 0 Å². The van der Waals surface area contributed by atoms with Crippen LogP contribution >= 0.6 is 0 Å². The molecule has 5 N–H and O–H groups in total. The molecule has 0 radical (unpaired) electrons. The van der Waals surface area contributed by atoms with E-state index in [0.29, 0.717) is 25.5 Å². The summed E-state index contributed by atoms with van der Waals surface area (Å²) in [7, 11) is -1.97. The summed E-state index contributed by atoms with van der Waals surface area (Å²) in [6.45, 7) is 1.31. The molecular weight excluding hydrogens is 393 g/mol. The van der Waals surface area contributed by atoms with Crippen LogP contribution < -0.4 is 15.8 Å². The minimum absolute atomic E-state index is 0.103. The molecule has 0 unspecified atom stereocenters. The second kappa shape index (κ2) is 9.06. The minimum Gasteiger partial charge on any atom is -0.361 e. The van der Waals surface area contributed by atoms with Crippen molar-refractivity contribution in [1.82, 2.24) is 15.6 Å². The number of nitrogens with one attached hydrogen (secondary N) is 3. The molecule has 9 heteroatoms. The van der Waals surface area contributed by atoms with Gasteiger partial charge in [0.15, 0.2) is 5.96 Å². The zero-order valence-electron chi connectivity index (χ0n) is 16.1. The first kappa shape index (κ1) is 20.8. The number of hydrogen-bond donors (Lipinski definition) is 4. The van der Waals surface area contributed by atoms with E-state index in [2.05, 4.69) is 20.6 Å². The Morgan fingerprint density at radius 1 is 1.10 bits per heavy atom. The first-order valence-corrected chi connectivity index (χ1v) is 10.7. The molecule has 3 aromatic rings. The van der Waals surface area contributed by atoms with Crippen molar-refractivity contribution in [3.05, 3.63) is 65.6 Å². The summed E-state index contributed by atoms with van der Waals surface area (Å²) >= 11 is 0. The van der Waals surface area contributed by atoms with Crippen LogP contribution in [0.2, 0.25) is 0 Å². The molecule has 0 aliphatic carbocycles. The van der Waals surface area contributed by atoms with Gasteiger partial charge in [0.05, 0.1) is 4.90 Å². The number of benzene rings is 2. The lowest BCUT2D eigenvalue weighted by Crippen LogP contribution is -2.39. The maximum atomic E-state index is 13.3. The van der Waals surface area contributed by atoms with E-state index in [1.54, 1.807) is 25.2 Å². The summed E-state index contributed by atoms with van der Waals surface area (Å²) in [5, 5.41) is 12.6. The lowest BCUT2D eigenvalue weighted by Gasteiger charge is -2.12. The van der Waals surface area contributed by atoms with E-state index in [1.165, 1.54) is 24.3 Å². The van der Waals surface area contributed by atoms with Crippen LogP contribution in [-0.4, -0.2) is 39.5 Å². The molecule has 0 amide bonds.